The summed E-state index contributed by atoms with van der Waals surface area (Å²) >= 11 is 0. The van der Waals surface area contributed by atoms with Gasteiger partial charge < -0.3 is 14.2 Å². The maximum absolute atomic E-state index is 14.0. The number of hydrogen-bond acceptors (Lipinski definition) is 4. The second kappa shape index (κ2) is 7.23. The molecule has 0 saturated carbocycles. The van der Waals surface area contributed by atoms with Gasteiger partial charge >= 0.3 is 0 Å². The van der Waals surface area contributed by atoms with E-state index in [1.807, 2.05) is 13.0 Å². The predicted molar refractivity (Wildman–Crippen MR) is 96.1 cm³/mol. The Bertz CT molecular complexity index is 742. The Morgan fingerprint density at radius 2 is 2.23 bits per heavy atom. The van der Waals surface area contributed by atoms with Gasteiger partial charge in [-0.2, -0.15) is 0 Å². The Balaban J connectivity index is 1.87. The lowest BCUT2D eigenvalue weighted by Gasteiger charge is -2.39. The quantitative estimate of drug-likeness (QED) is 0.718. The molecule has 1 aromatic carbocycles. The van der Waals surface area contributed by atoms with E-state index in [1.54, 1.807) is 18.2 Å². The third-order valence-corrected chi connectivity index (χ3v) is 5.67. The average Bonchev–Trinajstić information content (AvgIpc) is 3.04. The standard InChI is InChI=1S/C21H25FO4/c1-5-13(2)16-11-21(20(10-18(16)23)25-12-26-21)14(3)8-15-6-7-19(24-4)17(22)9-15/h5-7,9-10,13-14,16H,1,8,11-12H2,2-4H3/t13?,14?,16-,21-/m1/s1. The third kappa shape index (κ3) is 3.16. The molecule has 1 heterocycles. The molecule has 4 atom stereocenters. The van der Waals surface area contributed by atoms with Gasteiger partial charge in [0.25, 0.3) is 0 Å². The van der Waals surface area contributed by atoms with Gasteiger partial charge in [0.05, 0.1) is 7.11 Å². The van der Waals surface area contributed by atoms with Crippen LogP contribution in [0.5, 0.6) is 5.75 Å². The summed E-state index contributed by atoms with van der Waals surface area (Å²) in [4.78, 5) is 12.5. The average molecular weight is 360 g/mol. The number of ether oxygens (including phenoxy) is 3. The first-order valence-electron chi connectivity index (χ1n) is 8.89. The minimum atomic E-state index is -0.660. The summed E-state index contributed by atoms with van der Waals surface area (Å²) in [6.07, 6.45) is 4.52. The maximum Gasteiger partial charge on any atom is 0.189 e. The molecule has 0 spiro atoms. The first-order chi connectivity index (χ1) is 12.4. The predicted octanol–water partition coefficient (Wildman–Crippen LogP) is 4.05. The zero-order valence-corrected chi connectivity index (χ0v) is 15.5. The van der Waals surface area contributed by atoms with Gasteiger partial charge in [-0.25, -0.2) is 4.39 Å². The van der Waals surface area contributed by atoms with Gasteiger partial charge in [0.1, 0.15) is 11.4 Å². The fraction of sp³-hybridized carbons (Fsp3) is 0.476. The number of carbonyl (C=O) groups is 1. The van der Waals surface area contributed by atoms with Crippen LogP contribution in [0.1, 0.15) is 25.8 Å². The zero-order valence-electron chi connectivity index (χ0n) is 15.5. The number of fused-ring (bicyclic) bond motifs is 1. The Hall–Kier alpha value is -2.14. The number of benzene rings is 1. The second-order valence-corrected chi connectivity index (χ2v) is 7.19. The van der Waals surface area contributed by atoms with Crippen molar-refractivity contribution in [3.8, 4) is 5.75 Å². The van der Waals surface area contributed by atoms with E-state index in [-0.39, 0.29) is 41.9 Å². The molecule has 0 bridgehead atoms. The molecule has 1 aromatic rings. The van der Waals surface area contributed by atoms with Crippen molar-refractivity contribution in [3.63, 3.8) is 0 Å². The lowest BCUT2D eigenvalue weighted by molar-refractivity contribution is -0.124. The van der Waals surface area contributed by atoms with Crippen LogP contribution in [-0.2, 0) is 20.7 Å². The highest BCUT2D eigenvalue weighted by Crippen LogP contribution is 2.47. The van der Waals surface area contributed by atoms with Crippen LogP contribution in [0.2, 0.25) is 0 Å². The van der Waals surface area contributed by atoms with Crippen LogP contribution in [0.15, 0.2) is 42.7 Å². The molecule has 0 amide bonds. The summed E-state index contributed by atoms with van der Waals surface area (Å²) in [6.45, 7) is 7.99. The molecule has 3 rings (SSSR count). The fourth-order valence-corrected chi connectivity index (χ4v) is 3.93. The molecule has 1 aliphatic heterocycles. The van der Waals surface area contributed by atoms with Crippen molar-refractivity contribution < 1.29 is 23.4 Å². The molecular formula is C21H25FO4. The minimum Gasteiger partial charge on any atom is -0.494 e. The molecule has 0 aromatic heterocycles. The normalized spacial score (nSPS) is 27.2. The number of hydrogen-bond donors (Lipinski definition) is 0. The SMILES string of the molecule is C=CC(C)[C@H]1C[C@]2(C(C)Cc3ccc(OC)c(F)c3)OCOC2=CC1=O. The summed E-state index contributed by atoms with van der Waals surface area (Å²) < 4.78 is 30.6. The van der Waals surface area contributed by atoms with Gasteiger partial charge in [-0.3, -0.25) is 4.79 Å². The summed E-state index contributed by atoms with van der Waals surface area (Å²) in [5.41, 5.74) is 0.192. The lowest BCUT2D eigenvalue weighted by Crippen LogP contribution is -2.46. The van der Waals surface area contributed by atoms with Crippen molar-refractivity contribution in [1.82, 2.24) is 0 Å². The van der Waals surface area contributed by atoms with Gasteiger partial charge in [-0.1, -0.05) is 26.0 Å². The van der Waals surface area contributed by atoms with Crippen molar-refractivity contribution in [2.75, 3.05) is 13.9 Å². The highest BCUT2D eigenvalue weighted by molar-refractivity contribution is 5.94. The van der Waals surface area contributed by atoms with Gasteiger partial charge in [-0.15, -0.1) is 6.58 Å². The minimum absolute atomic E-state index is 0.0108. The molecule has 0 N–H and O–H groups in total. The van der Waals surface area contributed by atoms with E-state index in [2.05, 4.69) is 13.5 Å². The van der Waals surface area contributed by atoms with E-state index < -0.39 is 5.60 Å². The maximum atomic E-state index is 14.0. The molecule has 1 fully saturated rings. The highest BCUT2D eigenvalue weighted by atomic mass is 19.1. The third-order valence-electron chi connectivity index (χ3n) is 5.67. The van der Waals surface area contributed by atoms with E-state index in [1.165, 1.54) is 13.2 Å². The molecular weight excluding hydrogens is 335 g/mol. The summed E-state index contributed by atoms with van der Waals surface area (Å²) in [6, 6.07) is 4.97. The van der Waals surface area contributed by atoms with Crippen molar-refractivity contribution >= 4 is 5.78 Å². The van der Waals surface area contributed by atoms with Crippen LogP contribution < -0.4 is 4.74 Å². The number of allylic oxidation sites excluding steroid dienone is 2. The molecule has 5 heteroatoms. The highest BCUT2D eigenvalue weighted by Gasteiger charge is 2.52. The van der Waals surface area contributed by atoms with Gasteiger partial charge in [0.15, 0.2) is 24.1 Å². The fourth-order valence-electron chi connectivity index (χ4n) is 3.93. The molecule has 1 aliphatic carbocycles. The van der Waals surface area contributed by atoms with Crippen LogP contribution in [-0.4, -0.2) is 25.3 Å². The lowest BCUT2D eigenvalue weighted by atomic mass is 9.69. The van der Waals surface area contributed by atoms with Gasteiger partial charge in [0.2, 0.25) is 0 Å². The first kappa shape index (κ1) is 18.6. The van der Waals surface area contributed by atoms with Crippen molar-refractivity contribution in [3.05, 3.63) is 54.1 Å². The van der Waals surface area contributed by atoms with E-state index in [9.17, 15) is 9.18 Å². The molecule has 2 aliphatic rings. The van der Waals surface area contributed by atoms with E-state index >= 15 is 0 Å². The molecule has 0 radical (unpaired) electrons. The van der Waals surface area contributed by atoms with Crippen molar-refractivity contribution in [2.24, 2.45) is 17.8 Å². The summed E-state index contributed by atoms with van der Waals surface area (Å²) in [7, 11) is 1.44. The number of rotatable bonds is 6. The van der Waals surface area contributed by atoms with E-state index in [0.29, 0.717) is 18.6 Å². The Morgan fingerprint density at radius 1 is 1.46 bits per heavy atom. The number of methoxy groups -OCH3 is 1. The Morgan fingerprint density at radius 3 is 2.88 bits per heavy atom. The second-order valence-electron chi connectivity index (χ2n) is 7.19. The van der Waals surface area contributed by atoms with Crippen LogP contribution in [0, 0.1) is 23.6 Å². The molecule has 140 valence electrons. The van der Waals surface area contributed by atoms with Crippen molar-refractivity contribution in [2.45, 2.75) is 32.3 Å². The van der Waals surface area contributed by atoms with Gasteiger partial charge in [0, 0.05) is 12.0 Å². The largest absolute Gasteiger partial charge is 0.494 e. The topological polar surface area (TPSA) is 44.8 Å². The van der Waals surface area contributed by atoms with Crippen LogP contribution in [0.25, 0.3) is 0 Å². The van der Waals surface area contributed by atoms with Crippen LogP contribution in [0.3, 0.4) is 0 Å². The van der Waals surface area contributed by atoms with E-state index in [4.69, 9.17) is 14.2 Å². The summed E-state index contributed by atoms with van der Waals surface area (Å²) in [5.74, 6) is 0.360. The molecule has 1 saturated heterocycles. The van der Waals surface area contributed by atoms with Crippen molar-refractivity contribution in [1.29, 1.82) is 0 Å². The molecule has 26 heavy (non-hydrogen) atoms. The Kier molecular flexibility index (Phi) is 5.19. The molecule has 2 unspecified atom stereocenters. The first-order valence-corrected chi connectivity index (χ1v) is 8.89. The Labute approximate surface area is 153 Å². The number of ketones is 1. The number of halogens is 1. The van der Waals surface area contributed by atoms with Gasteiger partial charge in [-0.05, 0) is 42.4 Å². The van der Waals surface area contributed by atoms with Crippen LogP contribution in [0.4, 0.5) is 4.39 Å². The smallest absolute Gasteiger partial charge is 0.189 e. The van der Waals surface area contributed by atoms with Crippen LogP contribution >= 0.6 is 0 Å². The molecule has 4 nitrogen and oxygen atoms in total. The zero-order chi connectivity index (χ0) is 18.9. The monoisotopic (exact) mass is 360 g/mol. The number of carbonyl (C=O) groups excluding carboxylic acids is 1. The summed E-state index contributed by atoms with van der Waals surface area (Å²) in [5, 5.41) is 0. The van der Waals surface area contributed by atoms with E-state index in [0.717, 1.165) is 5.56 Å².